The molecule has 11 atom stereocenters. The second-order valence-corrected chi connectivity index (χ2v) is 12.8. The number of benzene rings is 1. The standard InChI is InChI=1S/C31H34O10/c1-14-20(34)11-21(35)30-15(2)23(14)24(39-16(3)32)25(36)28-12-19(28)10-22-29(13-38-22,41-17(4)33)31(28,30)27(30)40-26(37)18-8-6-5-7-9-18/h5-9,15,19-22,24,27,34-35H,10-13H2,1-4H3/t15-,19-,20+,21-,22-,24-,27-,28+,29+,30?,31?/m1/s1. The number of carbonyl (C=O) groups excluding carboxylic acids is 4. The predicted octanol–water partition coefficient (Wildman–Crippen LogP) is 1.90. The van der Waals surface area contributed by atoms with Gasteiger partial charge in [0.05, 0.1) is 40.6 Å². The van der Waals surface area contributed by atoms with Crippen molar-refractivity contribution in [1.82, 2.24) is 0 Å². The summed E-state index contributed by atoms with van der Waals surface area (Å²) < 4.78 is 24.3. The zero-order chi connectivity index (χ0) is 29.3. The van der Waals surface area contributed by atoms with Crippen LogP contribution in [0.4, 0.5) is 0 Å². The smallest absolute Gasteiger partial charge is 0.338 e. The fourth-order valence-corrected chi connectivity index (χ4v) is 10.0. The molecule has 7 rings (SSSR count). The van der Waals surface area contributed by atoms with Gasteiger partial charge in [0.15, 0.2) is 17.5 Å². The molecule has 0 aromatic heterocycles. The Kier molecular flexibility index (Phi) is 5.40. The Morgan fingerprint density at radius 1 is 1.02 bits per heavy atom. The largest absolute Gasteiger partial charge is 0.457 e. The molecular weight excluding hydrogens is 532 g/mol. The van der Waals surface area contributed by atoms with Crippen molar-refractivity contribution >= 4 is 23.7 Å². The van der Waals surface area contributed by atoms with Gasteiger partial charge in [0.25, 0.3) is 0 Å². The molecule has 0 radical (unpaired) electrons. The molecule has 10 heteroatoms. The van der Waals surface area contributed by atoms with Crippen LogP contribution in [0, 0.1) is 28.1 Å². The van der Waals surface area contributed by atoms with Crippen LogP contribution in [-0.4, -0.2) is 76.6 Å². The molecule has 1 aromatic rings. The summed E-state index contributed by atoms with van der Waals surface area (Å²) in [5.41, 5.74) is -4.11. The van der Waals surface area contributed by atoms with E-state index in [2.05, 4.69) is 0 Å². The highest BCUT2D eigenvalue weighted by Gasteiger charge is 3.05. The van der Waals surface area contributed by atoms with Gasteiger partial charge in [-0.2, -0.15) is 0 Å². The first-order valence-corrected chi connectivity index (χ1v) is 14.3. The van der Waals surface area contributed by atoms with E-state index in [0.717, 1.165) is 0 Å². The first kappa shape index (κ1) is 26.8. The third-order valence-electron chi connectivity index (χ3n) is 11.4. The lowest BCUT2D eigenvalue weighted by atomic mass is 9.55. The van der Waals surface area contributed by atoms with E-state index < -0.39 is 76.2 Å². The van der Waals surface area contributed by atoms with E-state index in [0.29, 0.717) is 29.6 Å². The summed E-state index contributed by atoms with van der Waals surface area (Å²) in [6.07, 6.45) is -4.54. The van der Waals surface area contributed by atoms with Crippen molar-refractivity contribution < 1.29 is 48.3 Å². The molecule has 2 unspecified atom stereocenters. The Labute approximate surface area is 237 Å². The quantitative estimate of drug-likeness (QED) is 0.315. The number of ether oxygens (including phenoxy) is 4. The van der Waals surface area contributed by atoms with Crippen molar-refractivity contribution in [3.05, 3.63) is 47.0 Å². The third-order valence-corrected chi connectivity index (χ3v) is 11.4. The lowest BCUT2D eigenvalue weighted by molar-refractivity contribution is -0.315. The number of ketones is 1. The number of esters is 3. The maximum atomic E-state index is 14.9. The average Bonchev–Trinajstić information content (AvgIpc) is 3.80. The number of carbonyl (C=O) groups is 4. The van der Waals surface area contributed by atoms with Crippen LogP contribution in [0.3, 0.4) is 0 Å². The molecule has 1 heterocycles. The molecule has 3 spiro atoms. The predicted molar refractivity (Wildman–Crippen MR) is 139 cm³/mol. The molecule has 6 aliphatic rings. The third kappa shape index (κ3) is 2.84. The summed E-state index contributed by atoms with van der Waals surface area (Å²) in [5.74, 6) is -3.13. The zero-order valence-electron chi connectivity index (χ0n) is 23.4. The molecule has 2 N–H and O–H groups in total. The molecule has 5 fully saturated rings. The molecule has 218 valence electrons. The van der Waals surface area contributed by atoms with Gasteiger partial charge >= 0.3 is 17.9 Å². The minimum Gasteiger partial charge on any atom is -0.457 e. The lowest BCUT2D eigenvalue weighted by Gasteiger charge is -2.59. The first-order chi connectivity index (χ1) is 19.4. The molecule has 1 aliphatic heterocycles. The number of rotatable bonds is 4. The van der Waals surface area contributed by atoms with Crippen LogP contribution in [0.5, 0.6) is 0 Å². The van der Waals surface area contributed by atoms with E-state index in [1.54, 1.807) is 37.3 Å². The Bertz CT molecular complexity index is 1420. The van der Waals surface area contributed by atoms with E-state index in [4.69, 9.17) is 18.9 Å². The monoisotopic (exact) mass is 566 g/mol. The van der Waals surface area contributed by atoms with Gasteiger partial charge in [-0.05, 0) is 54.9 Å². The normalized spacial score (nSPS) is 46.7. The van der Waals surface area contributed by atoms with E-state index in [1.165, 1.54) is 13.8 Å². The molecule has 0 amide bonds. The van der Waals surface area contributed by atoms with Crippen molar-refractivity contribution in [2.75, 3.05) is 6.61 Å². The Balaban J connectivity index is 1.52. The van der Waals surface area contributed by atoms with Gasteiger partial charge in [0.2, 0.25) is 0 Å². The maximum Gasteiger partial charge on any atom is 0.338 e. The number of aliphatic hydroxyl groups excluding tert-OH is 2. The van der Waals surface area contributed by atoms with Gasteiger partial charge in [-0.1, -0.05) is 25.1 Å². The number of hydrogen-bond donors (Lipinski definition) is 2. The first-order valence-electron chi connectivity index (χ1n) is 14.3. The topological polar surface area (TPSA) is 146 Å². The van der Waals surface area contributed by atoms with Crippen molar-refractivity contribution in [1.29, 1.82) is 0 Å². The van der Waals surface area contributed by atoms with Crippen LogP contribution in [0.2, 0.25) is 0 Å². The van der Waals surface area contributed by atoms with Crippen LogP contribution >= 0.6 is 0 Å². The average molecular weight is 567 g/mol. The van der Waals surface area contributed by atoms with Crippen molar-refractivity contribution in [2.45, 2.75) is 83.1 Å². The summed E-state index contributed by atoms with van der Waals surface area (Å²) >= 11 is 0. The second-order valence-electron chi connectivity index (χ2n) is 12.8. The van der Waals surface area contributed by atoms with Crippen LogP contribution in [-0.2, 0) is 33.3 Å². The molecule has 5 aliphatic carbocycles. The highest BCUT2D eigenvalue weighted by molar-refractivity contribution is 6.00. The minimum atomic E-state index is -1.37. The summed E-state index contributed by atoms with van der Waals surface area (Å²) in [5, 5.41) is 23.4. The van der Waals surface area contributed by atoms with Gasteiger partial charge in [-0.3, -0.25) is 14.4 Å². The van der Waals surface area contributed by atoms with Crippen LogP contribution in [0.25, 0.3) is 0 Å². The number of Topliss-reactive ketones (excluding diaryl/α,β-unsaturated/α-hetero) is 1. The Morgan fingerprint density at radius 3 is 2.34 bits per heavy atom. The molecule has 1 aromatic carbocycles. The number of aliphatic hydroxyl groups is 2. The van der Waals surface area contributed by atoms with Crippen molar-refractivity contribution in [3.8, 4) is 0 Å². The van der Waals surface area contributed by atoms with Crippen molar-refractivity contribution in [3.63, 3.8) is 0 Å². The fraction of sp³-hybridized carbons (Fsp3) is 0.613. The van der Waals surface area contributed by atoms with Gasteiger partial charge in [-0.15, -0.1) is 0 Å². The van der Waals surface area contributed by atoms with Gasteiger partial charge in [-0.25, -0.2) is 4.79 Å². The van der Waals surface area contributed by atoms with E-state index in [1.807, 2.05) is 6.92 Å². The summed E-state index contributed by atoms with van der Waals surface area (Å²) in [6, 6.07) is 8.45. The van der Waals surface area contributed by atoms with Gasteiger partial charge in [0, 0.05) is 20.3 Å². The number of hydrogen-bond acceptors (Lipinski definition) is 10. The van der Waals surface area contributed by atoms with Crippen molar-refractivity contribution in [2.24, 2.45) is 28.1 Å². The summed E-state index contributed by atoms with van der Waals surface area (Å²) in [4.78, 5) is 53.7. The molecular formula is C31H34O10. The van der Waals surface area contributed by atoms with Crippen LogP contribution < -0.4 is 0 Å². The highest BCUT2D eigenvalue weighted by Crippen LogP contribution is 2.94. The van der Waals surface area contributed by atoms with E-state index in [9.17, 15) is 29.4 Å². The van der Waals surface area contributed by atoms with Gasteiger partial charge in [0.1, 0.15) is 12.2 Å². The van der Waals surface area contributed by atoms with E-state index >= 15 is 0 Å². The molecule has 10 nitrogen and oxygen atoms in total. The van der Waals surface area contributed by atoms with E-state index in [-0.39, 0.29) is 24.7 Å². The minimum absolute atomic E-state index is 0.0294. The molecule has 4 saturated carbocycles. The van der Waals surface area contributed by atoms with Crippen LogP contribution in [0.1, 0.15) is 57.3 Å². The Morgan fingerprint density at radius 2 is 1.73 bits per heavy atom. The number of fused-ring (bicyclic) bond motifs is 2. The Hall–Kier alpha value is -3.08. The van der Waals surface area contributed by atoms with Crippen LogP contribution in [0.15, 0.2) is 41.5 Å². The molecule has 2 bridgehead atoms. The lowest BCUT2D eigenvalue weighted by Crippen LogP contribution is -2.73. The SMILES string of the molecule is CC(=O)O[C@H]1C(=O)[C@]23C[C@H]2C[C@H]2OC[C@@]2(OC(C)=O)C32[C@H](OC(=O)c3ccccc3)C23[C@H](O)C[C@H](O)C(C)=C1[C@H]3C. The fourth-order valence-electron chi connectivity index (χ4n) is 10.0. The van der Waals surface area contributed by atoms with Gasteiger partial charge < -0.3 is 29.2 Å². The zero-order valence-corrected chi connectivity index (χ0v) is 23.4. The maximum absolute atomic E-state index is 14.9. The highest BCUT2D eigenvalue weighted by atomic mass is 16.6. The second kappa shape index (κ2) is 8.26. The molecule has 41 heavy (non-hydrogen) atoms. The summed E-state index contributed by atoms with van der Waals surface area (Å²) in [7, 11) is 0. The molecule has 1 saturated heterocycles. The summed E-state index contributed by atoms with van der Waals surface area (Å²) in [6.45, 7) is 6.00.